The molecular weight excluding hydrogens is 218 g/mol. The Labute approximate surface area is 102 Å². The van der Waals surface area contributed by atoms with Crippen LogP contribution in [0.4, 0.5) is 4.79 Å². The summed E-state index contributed by atoms with van der Waals surface area (Å²) in [6, 6.07) is -0.0951. The summed E-state index contributed by atoms with van der Waals surface area (Å²) < 4.78 is 5.15. The third-order valence-corrected chi connectivity index (χ3v) is 2.64. The molecule has 2 unspecified atom stereocenters. The van der Waals surface area contributed by atoms with E-state index >= 15 is 0 Å². The van der Waals surface area contributed by atoms with Gasteiger partial charge in [0.05, 0.1) is 0 Å². The zero-order valence-corrected chi connectivity index (χ0v) is 10.8. The van der Waals surface area contributed by atoms with Crippen molar-refractivity contribution in [2.75, 3.05) is 0 Å². The molecule has 4 nitrogen and oxygen atoms in total. The molecule has 1 aliphatic rings. The number of ketones is 1. The van der Waals surface area contributed by atoms with Crippen LogP contribution in [0.25, 0.3) is 0 Å². The number of nitrogens with one attached hydrogen (secondary N) is 1. The van der Waals surface area contributed by atoms with Crippen LogP contribution in [-0.4, -0.2) is 23.5 Å². The maximum absolute atomic E-state index is 11.6. The van der Waals surface area contributed by atoms with Crippen molar-refractivity contribution in [3.8, 4) is 0 Å². The van der Waals surface area contributed by atoms with Crippen molar-refractivity contribution in [2.45, 2.75) is 51.7 Å². The zero-order valence-electron chi connectivity index (χ0n) is 10.8. The number of hydrogen-bond donors (Lipinski definition) is 1. The predicted octanol–water partition coefficient (Wildman–Crippen LogP) is 2.43. The fraction of sp³-hybridized carbons (Fsp3) is 0.692. The molecule has 0 spiro atoms. The Morgan fingerprint density at radius 2 is 2.24 bits per heavy atom. The predicted molar refractivity (Wildman–Crippen MR) is 65.7 cm³/mol. The molecule has 1 N–H and O–H groups in total. The van der Waals surface area contributed by atoms with Gasteiger partial charge in [-0.1, -0.05) is 6.08 Å². The van der Waals surface area contributed by atoms with Crippen LogP contribution in [0.2, 0.25) is 0 Å². The summed E-state index contributed by atoms with van der Waals surface area (Å²) in [5.41, 5.74) is -0.507. The lowest BCUT2D eigenvalue weighted by atomic mass is 10.0. The molecule has 0 radical (unpaired) electrons. The smallest absolute Gasteiger partial charge is 0.407 e. The van der Waals surface area contributed by atoms with Gasteiger partial charge in [0.25, 0.3) is 0 Å². The van der Waals surface area contributed by atoms with Crippen LogP contribution in [0.3, 0.4) is 0 Å². The molecule has 1 aliphatic carbocycles. The van der Waals surface area contributed by atoms with Gasteiger partial charge in [-0.2, -0.15) is 0 Å². The summed E-state index contributed by atoms with van der Waals surface area (Å²) in [5.74, 6) is 0.207. The minimum Gasteiger partial charge on any atom is -0.444 e. The Hall–Kier alpha value is -1.32. The molecule has 4 heteroatoms. The Morgan fingerprint density at radius 1 is 1.59 bits per heavy atom. The fourth-order valence-corrected chi connectivity index (χ4v) is 1.98. The van der Waals surface area contributed by atoms with Crippen LogP contribution < -0.4 is 5.32 Å². The second-order valence-corrected chi connectivity index (χ2v) is 5.47. The van der Waals surface area contributed by atoms with E-state index in [4.69, 9.17) is 4.74 Å². The first-order valence-corrected chi connectivity index (χ1v) is 5.95. The standard InChI is InChI=1S/C13H21NO3/c1-5-6-9-7-10(8-11(9)15)14-12(16)17-13(2,3)4/h5,9-10H,1,6-8H2,2-4H3,(H,14,16). The van der Waals surface area contributed by atoms with Crippen LogP contribution >= 0.6 is 0 Å². The van der Waals surface area contributed by atoms with E-state index in [0.29, 0.717) is 19.3 Å². The summed E-state index contributed by atoms with van der Waals surface area (Å²) in [4.78, 5) is 23.1. The van der Waals surface area contributed by atoms with E-state index in [0.717, 1.165) is 0 Å². The topological polar surface area (TPSA) is 55.4 Å². The number of amides is 1. The van der Waals surface area contributed by atoms with Crippen molar-refractivity contribution in [3.63, 3.8) is 0 Å². The van der Waals surface area contributed by atoms with E-state index in [9.17, 15) is 9.59 Å². The molecule has 0 aliphatic heterocycles. The van der Waals surface area contributed by atoms with Gasteiger partial charge in [0.1, 0.15) is 11.4 Å². The minimum atomic E-state index is -0.507. The highest BCUT2D eigenvalue weighted by atomic mass is 16.6. The lowest BCUT2D eigenvalue weighted by Crippen LogP contribution is -2.38. The van der Waals surface area contributed by atoms with E-state index in [2.05, 4.69) is 11.9 Å². The Morgan fingerprint density at radius 3 is 2.76 bits per heavy atom. The first-order valence-electron chi connectivity index (χ1n) is 5.95. The molecule has 1 amide bonds. The van der Waals surface area contributed by atoms with Crippen molar-refractivity contribution in [3.05, 3.63) is 12.7 Å². The molecule has 0 aromatic carbocycles. The SMILES string of the molecule is C=CCC1CC(NC(=O)OC(C)(C)C)CC1=O. The van der Waals surface area contributed by atoms with Gasteiger partial charge in [0.2, 0.25) is 0 Å². The zero-order chi connectivity index (χ0) is 13.1. The highest BCUT2D eigenvalue weighted by Crippen LogP contribution is 2.25. The largest absolute Gasteiger partial charge is 0.444 e. The minimum absolute atomic E-state index is 0.00689. The van der Waals surface area contributed by atoms with E-state index in [1.807, 2.05) is 20.8 Å². The summed E-state index contributed by atoms with van der Waals surface area (Å²) in [7, 11) is 0. The van der Waals surface area contributed by atoms with Crippen LogP contribution in [0, 0.1) is 5.92 Å². The molecule has 96 valence electrons. The van der Waals surface area contributed by atoms with E-state index in [1.165, 1.54) is 0 Å². The van der Waals surface area contributed by atoms with Gasteiger partial charge < -0.3 is 10.1 Å². The average molecular weight is 239 g/mol. The van der Waals surface area contributed by atoms with Crippen LogP contribution in [0.5, 0.6) is 0 Å². The van der Waals surface area contributed by atoms with Crippen LogP contribution in [0.1, 0.15) is 40.0 Å². The Bertz CT molecular complexity index is 317. The van der Waals surface area contributed by atoms with Gasteiger partial charge in [-0.3, -0.25) is 4.79 Å². The summed E-state index contributed by atoms with van der Waals surface area (Å²) in [6.45, 7) is 9.07. The van der Waals surface area contributed by atoms with E-state index < -0.39 is 11.7 Å². The normalized spacial score (nSPS) is 24.5. The van der Waals surface area contributed by atoms with Gasteiger partial charge >= 0.3 is 6.09 Å². The van der Waals surface area contributed by atoms with Gasteiger partial charge in [-0.15, -0.1) is 6.58 Å². The van der Waals surface area contributed by atoms with Gasteiger partial charge in [0.15, 0.2) is 0 Å². The lowest BCUT2D eigenvalue weighted by Gasteiger charge is -2.21. The quantitative estimate of drug-likeness (QED) is 0.769. The second-order valence-electron chi connectivity index (χ2n) is 5.47. The number of carbonyl (C=O) groups excluding carboxylic acids is 2. The van der Waals surface area contributed by atoms with Crippen molar-refractivity contribution in [1.29, 1.82) is 0 Å². The lowest BCUT2D eigenvalue weighted by molar-refractivity contribution is -0.120. The second kappa shape index (κ2) is 5.34. The monoisotopic (exact) mass is 239 g/mol. The Balaban J connectivity index is 2.42. The molecule has 0 heterocycles. The molecule has 0 bridgehead atoms. The molecule has 0 aromatic heterocycles. The van der Waals surface area contributed by atoms with E-state index in [-0.39, 0.29) is 17.7 Å². The third-order valence-electron chi connectivity index (χ3n) is 2.64. The average Bonchev–Trinajstić information content (AvgIpc) is 2.43. The fourth-order valence-electron chi connectivity index (χ4n) is 1.98. The summed E-state index contributed by atoms with van der Waals surface area (Å²) in [6.07, 6.45) is 3.07. The molecule has 1 rings (SSSR count). The molecule has 0 saturated heterocycles. The molecular formula is C13H21NO3. The number of hydrogen-bond acceptors (Lipinski definition) is 3. The van der Waals surface area contributed by atoms with Crippen LogP contribution in [-0.2, 0) is 9.53 Å². The first-order chi connectivity index (χ1) is 7.81. The van der Waals surface area contributed by atoms with Crippen molar-refractivity contribution in [2.24, 2.45) is 5.92 Å². The van der Waals surface area contributed by atoms with Crippen molar-refractivity contribution in [1.82, 2.24) is 5.32 Å². The third kappa shape index (κ3) is 4.59. The summed E-state index contributed by atoms with van der Waals surface area (Å²) in [5, 5.41) is 2.74. The molecule has 1 fully saturated rings. The summed E-state index contributed by atoms with van der Waals surface area (Å²) >= 11 is 0. The molecule has 1 saturated carbocycles. The molecule has 0 aromatic rings. The number of ether oxygens (including phenoxy) is 1. The van der Waals surface area contributed by atoms with Gasteiger partial charge in [-0.05, 0) is 33.6 Å². The number of allylic oxidation sites excluding steroid dienone is 1. The maximum Gasteiger partial charge on any atom is 0.407 e. The van der Waals surface area contributed by atoms with Crippen LogP contribution in [0.15, 0.2) is 12.7 Å². The number of Topliss-reactive ketones (excluding diaryl/α,β-unsaturated/α-hetero) is 1. The Kier molecular flexibility index (Phi) is 4.32. The van der Waals surface area contributed by atoms with Gasteiger partial charge in [-0.25, -0.2) is 4.79 Å². The highest BCUT2D eigenvalue weighted by Gasteiger charge is 2.33. The molecule has 17 heavy (non-hydrogen) atoms. The highest BCUT2D eigenvalue weighted by molar-refractivity contribution is 5.85. The number of carbonyl (C=O) groups is 2. The maximum atomic E-state index is 11.6. The van der Waals surface area contributed by atoms with Crippen molar-refractivity contribution < 1.29 is 14.3 Å². The van der Waals surface area contributed by atoms with Gasteiger partial charge in [0, 0.05) is 18.4 Å². The number of rotatable bonds is 3. The van der Waals surface area contributed by atoms with Crippen molar-refractivity contribution >= 4 is 11.9 Å². The first kappa shape index (κ1) is 13.7. The number of alkyl carbamates (subject to hydrolysis) is 1. The molecule has 2 atom stereocenters. The van der Waals surface area contributed by atoms with E-state index in [1.54, 1.807) is 6.08 Å².